The van der Waals surface area contributed by atoms with E-state index in [1.807, 2.05) is 4.72 Å². The van der Waals surface area contributed by atoms with E-state index in [1.165, 1.54) is 0 Å². The Bertz CT molecular complexity index is 775. The van der Waals surface area contributed by atoms with Gasteiger partial charge in [0.2, 0.25) is 10.0 Å². The van der Waals surface area contributed by atoms with Crippen LogP contribution in [0.15, 0.2) is 21.5 Å². The van der Waals surface area contributed by atoms with E-state index >= 15 is 0 Å². The Morgan fingerprint density at radius 3 is 2.38 bits per heavy atom. The van der Waals surface area contributed by atoms with Gasteiger partial charge in [-0.3, -0.25) is 0 Å². The quantitative estimate of drug-likeness (QED) is 0.718. The standard InChI is InChI=1S/C10H11BrFNO6S2/c1-20(16,17)3-2-13-21(18,19)8-5-6(11)4-7(9(8)12)10(14)15/h4-5,13H,2-3H2,1H3,(H,14,15). The van der Waals surface area contributed by atoms with Crippen LogP contribution in [0.5, 0.6) is 0 Å². The SMILES string of the molecule is CS(=O)(=O)CCNS(=O)(=O)c1cc(Br)cc(C(=O)O)c1F. The molecule has 118 valence electrons. The average Bonchev–Trinajstić information content (AvgIpc) is 2.29. The largest absolute Gasteiger partial charge is 0.478 e. The summed E-state index contributed by atoms with van der Waals surface area (Å²) in [6, 6.07) is 1.82. The molecule has 0 amide bonds. The lowest BCUT2D eigenvalue weighted by Gasteiger charge is -2.09. The van der Waals surface area contributed by atoms with Crippen molar-refractivity contribution < 1.29 is 31.1 Å². The van der Waals surface area contributed by atoms with Crippen molar-refractivity contribution >= 4 is 41.8 Å². The van der Waals surface area contributed by atoms with Crippen LogP contribution in [-0.4, -0.2) is 46.5 Å². The molecule has 0 fully saturated rings. The maximum atomic E-state index is 13.9. The number of hydrogen-bond acceptors (Lipinski definition) is 5. The normalized spacial score (nSPS) is 12.3. The third-order valence-corrected chi connectivity index (χ3v) is 5.15. The molecule has 21 heavy (non-hydrogen) atoms. The highest BCUT2D eigenvalue weighted by Crippen LogP contribution is 2.24. The number of nitrogens with one attached hydrogen (secondary N) is 1. The molecule has 1 rings (SSSR count). The number of carbonyl (C=O) groups is 1. The zero-order valence-electron chi connectivity index (χ0n) is 10.6. The molecule has 0 saturated carbocycles. The second-order valence-electron chi connectivity index (χ2n) is 4.10. The van der Waals surface area contributed by atoms with Crippen LogP contribution < -0.4 is 4.72 Å². The number of halogens is 2. The van der Waals surface area contributed by atoms with Gasteiger partial charge in [-0.05, 0) is 12.1 Å². The Labute approximate surface area is 129 Å². The smallest absolute Gasteiger partial charge is 0.338 e. The molecule has 0 bridgehead atoms. The van der Waals surface area contributed by atoms with Crippen LogP contribution in [0, 0.1) is 5.82 Å². The van der Waals surface area contributed by atoms with E-state index in [1.54, 1.807) is 0 Å². The van der Waals surface area contributed by atoms with Crippen molar-refractivity contribution in [3.05, 3.63) is 28.0 Å². The van der Waals surface area contributed by atoms with Gasteiger partial charge in [0, 0.05) is 17.3 Å². The molecule has 0 spiro atoms. The van der Waals surface area contributed by atoms with Crippen LogP contribution in [0.2, 0.25) is 0 Å². The van der Waals surface area contributed by atoms with Gasteiger partial charge in [0.25, 0.3) is 0 Å². The summed E-state index contributed by atoms with van der Waals surface area (Å²) in [4.78, 5) is 9.97. The number of rotatable bonds is 6. The van der Waals surface area contributed by atoms with Gasteiger partial charge in [-0.2, -0.15) is 0 Å². The Morgan fingerprint density at radius 1 is 1.33 bits per heavy atom. The molecule has 0 aliphatic rings. The summed E-state index contributed by atoms with van der Waals surface area (Å²) in [5.41, 5.74) is -0.812. The van der Waals surface area contributed by atoms with E-state index in [0.717, 1.165) is 18.4 Å². The van der Waals surface area contributed by atoms with Crippen molar-refractivity contribution in [1.82, 2.24) is 4.72 Å². The molecule has 1 aromatic carbocycles. The number of sulfonamides is 1. The molecular formula is C10H11BrFNO6S2. The Balaban J connectivity index is 3.17. The summed E-state index contributed by atoms with van der Waals surface area (Å²) in [6.07, 6.45) is 0.920. The molecule has 0 aliphatic heterocycles. The topological polar surface area (TPSA) is 118 Å². The maximum Gasteiger partial charge on any atom is 0.338 e. The van der Waals surface area contributed by atoms with Crippen LogP contribution in [0.25, 0.3) is 0 Å². The fourth-order valence-electron chi connectivity index (χ4n) is 1.35. The fraction of sp³-hybridized carbons (Fsp3) is 0.300. The number of carboxylic acids is 1. The number of aromatic carboxylic acids is 1. The van der Waals surface area contributed by atoms with Gasteiger partial charge in [0.1, 0.15) is 14.7 Å². The van der Waals surface area contributed by atoms with Gasteiger partial charge in [-0.25, -0.2) is 30.7 Å². The van der Waals surface area contributed by atoms with E-state index in [4.69, 9.17) is 5.11 Å². The second-order valence-corrected chi connectivity index (χ2v) is 9.01. The fourth-order valence-corrected chi connectivity index (χ4v) is 3.72. The van der Waals surface area contributed by atoms with Gasteiger partial charge in [0.05, 0.1) is 11.3 Å². The maximum absolute atomic E-state index is 13.9. The minimum atomic E-state index is -4.37. The molecule has 2 N–H and O–H groups in total. The highest BCUT2D eigenvalue weighted by atomic mass is 79.9. The van der Waals surface area contributed by atoms with Crippen LogP contribution in [-0.2, 0) is 19.9 Å². The molecule has 1 aromatic rings. The van der Waals surface area contributed by atoms with Gasteiger partial charge in [-0.15, -0.1) is 0 Å². The van der Waals surface area contributed by atoms with E-state index in [0.29, 0.717) is 0 Å². The van der Waals surface area contributed by atoms with Crippen LogP contribution >= 0.6 is 15.9 Å². The Morgan fingerprint density at radius 2 is 1.90 bits per heavy atom. The van der Waals surface area contributed by atoms with Gasteiger partial charge in [-0.1, -0.05) is 15.9 Å². The van der Waals surface area contributed by atoms with E-state index in [2.05, 4.69) is 15.9 Å². The summed E-state index contributed by atoms with van der Waals surface area (Å²) in [7, 11) is -7.77. The van der Waals surface area contributed by atoms with Crippen molar-refractivity contribution in [2.75, 3.05) is 18.6 Å². The van der Waals surface area contributed by atoms with Crippen molar-refractivity contribution in [3.63, 3.8) is 0 Å². The summed E-state index contributed by atoms with van der Waals surface area (Å²) in [5, 5.41) is 8.81. The third-order valence-electron chi connectivity index (χ3n) is 2.29. The number of sulfone groups is 1. The van der Waals surface area contributed by atoms with Gasteiger partial charge in [0.15, 0.2) is 5.82 Å². The van der Waals surface area contributed by atoms with Crippen molar-refractivity contribution in [2.24, 2.45) is 0 Å². The molecule has 0 unspecified atom stereocenters. The lowest BCUT2D eigenvalue weighted by molar-refractivity contribution is 0.0691. The molecule has 0 atom stereocenters. The van der Waals surface area contributed by atoms with Crippen molar-refractivity contribution in [1.29, 1.82) is 0 Å². The zero-order valence-corrected chi connectivity index (χ0v) is 13.8. The van der Waals surface area contributed by atoms with E-state index in [9.17, 15) is 26.0 Å². The predicted molar refractivity (Wildman–Crippen MR) is 76.0 cm³/mol. The highest BCUT2D eigenvalue weighted by Gasteiger charge is 2.25. The molecule has 0 radical (unpaired) electrons. The zero-order chi connectivity index (χ0) is 16.4. The predicted octanol–water partition coefficient (Wildman–Crippen LogP) is 0.609. The second kappa shape index (κ2) is 6.38. The van der Waals surface area contributed by atoms with E-state index < -0.39 is 54.4 Å². The summed E-state index contributed by atoms with van der Waals surface area (Å²) in [5.74, 6) is -3.51. The summed E-state index contributed by atoms with van der Waals surface area (Å²) >= 11 is 2.89. The molecular weight excluding hydrogens is 393 g/mol. The monoisotopic (exact) mass is 403 g/mol. The molecule has 0 aromatic heterocycles. The van der Waals surface area contributed by atoms with E-state index in [-0.39, 0.29) is 4.47 Å². The molecule has 0 heterocycles. The van der Waals surface area contributed by atoms with Crippen LogP contribution in [0.3, 0.4) is 0 Å². The lowest BCUT2D eigenvalue weighted by atomic mass is 10.2. The number of carboxylic acid groups (broad SMARTS) is 1. The molecule has 7 nitrogen and oxygen atoms in total. The summed E-state index contributed by atoms with van der Waals surface area (Å²) < 4.78 is 61.5. The third kappa shape index (κ3) is 5.02. The minimum Gasteiger partial charge on any atom is -0.478 e. The first-order valence-electron chi connectivity index (χ1n) is 5.34. The van der Waals surface area contributed by atoms with Gasteiger partial charge < -0.3 is 5.11 Å². The first kappa shape index (κ1) is 18.0. The van der Waals surface area contributed by atoms with Crippen molar-refractivity contribution in [3.8, 4) is 0 Å². The Hall–Kier alpha value is -1.04. The summed E-state index contributed by atoms with van der Waals surface area (Å²) in [6.45, 7) is -0.449. The highest BCUT2D eigenvalue weighted by molar-refractivity contribution is 9.10. The van der Waals surface area contributed by atoms with Crippen LogP contribution in [0.4, 0.5) is 4.39 Å². The Kier molecular flexibility index (Phi) is 5.47. The average molecular weight is 404 g/mol. The lowest BCUT2D eigenvalue weighted by Crippen LogP contribution is -2.30. The number of hydrogen-bond donors (Lipinski definition) is 2. The first-order chi connectivity index (χ1) is 9.44. The van der Waals surface area contributed by atoms with Crippen molar-refractivity contribution in [2.45, 2.75) is 4.90 Å². The first-order valence-corrected chi connectivity index (χ1v) is 9.67. The minimum absolute atomic E-state index is 0.0600. The van der Waals surface area contributed by atoms with Crippen LogP contribution in [0.1, 0.15) is 10.4 Å². The molecule has 11 heteroatoms. The number of benzene rings is 1. The molecule has 0 aliphatic carbocycles. The molecule has 0 saturated heterocycles. The van der Waals surface area contributed by atoms with Gasteiger partial charge >= 0.3 is 5.97 Å².